The molecule has 0 saturated carbocycles. The van der Waals surface area contributed by atoms with Gasteiger partial charge >= 0.3 is 12.2 Å². The summed E-state index contributed by atoms with van der Waals surface area (Å²) in [6.45, 7) is 12.8. The zero-order valence-corrected chi connectivity index (χ0v) is 22.1. The largest absolute Gasteiger partial charge is 0.505 e. The summed E-state index contributed by atoms with van der Waals surface area (Å²) in [6.07, 6.45) is 0.856. The van der Waals surface area contributed by atoms with Gasteiger partial charge in [-0.15, -0.1) is 11.3 Å². The molecular formula is C23H31N3O6S2. The number of furan rings is 1. The molecule has 1 atom stereocenters. The number of amides is 2. The molecule has 0 aliphatic heterocycles. The Kier molecular flexibility index (Phi) is 7.47. The third-order valence-corrected chi connectivity index (χ3v) is 6.55. The first-order valence-corrected chi connectivity index (χ1v) is 12.4. The second kappa shape index (κ2) is 9.83. The topological polar surface area (TPSA) is 114 Å². The van der Waals surface area contributed by atoms with E-state index >= 15 is 0 Å². The molecule has 2 amide bonds. The van der Waals surface area contributed by atoms with Crippen LogP contribution in [0.5, 0.6) is 5.75 Å². The van der Waals surface area contributed by atoms with Gasteiger partial charge in [0, 0.05) is 12.5 Å². The second-order valence-corrected chi connectivity index (χ2v) is 11.8. The number of ether oxygens (including phenoxy) is 2. The standard InChI is InChI=1S/C23H31N3O6S2/c1-13(24-20(28)31-22(2,3)4)11-15-17(27)16-18(33-15)19(34-25-16)26(12-14-9-8-10-30-14)21(29)32-23(5,6)7/h8-10,13,27H,11-12H2,1-7H3,(H,24,28)/t13-/m0/s1. The lowest BCUT2D eigenvalue weighted by Gasteiger charge is -2.25. The number of nitrogens with one attached hydrogen (secondary N) is 1. The number of alkyl carbamates (subject to hydrolysis) is 1. The van der Waals surface area contributed by atoms with Crippen molar-refractivity contribution in [2.75, 3.05) is 4.90 Å². The van der Waals surface area contributed by atoms with Crippen molar-refractivity contribution < 1.29 is 28.6 Å². The van der Waals surface area contributed by atoms with E-state index in [0.29, 0.717) is 32.3 Å². The zero-order valence-electron chi connectivity index (χ0n) is 20.4. The number of aromatic nitrogens is 1. The van der Waals surface area contributed by atoms with Crippen molar-refractivity contribution in [3.8, 4) is 5.75 Å². The first kappa shape index (κ1) is 25.8. The maximum atomic E-state index is 13.1. The Morgan fingerprint density at radius 1 is 1.21 bits per heavy atom. The van der Waals surface area contributed by atoms with Gasteiger partial charge < -0.3 is 24.3 Å². The van der Waals surface area contributed by atoms with Crippen LogP contribution in [0.4, 0.5) is 14.6 Å². The van der Waals surface area contributed by atoms with Crippen molar-refractivity contribution in [1.82, 2.24) is 9.69 Å². The average molecular weight is 510 g/mol. The molecule has 0 radical (unpaired) electrons. The Morgan fingerprint density at radius 3 is 2.47 bits per heavy atom. The maximum Gasteiger partial charge on any atom is 0.415 e. The highest BCUT2D eigenvalue weighted by Gasteiger charge is 2.30. The molecule has 9 nitrogen and oxygen atoms in total. The van der Waals surface area contributed by atoms with Gasteiger partial charge in [0.1, 0.15) is 27.5 Å². The number of anilines is 1. The van der Waals surface area contributed by atoms with Crippen molar-refractivity contribution in [2.24, 2.45) is 0 Å². The summed E-state index contributed by atoms with van der Waals surface area (Å²) in [5.74, 6) is 0.631. The first-order chi connectivity index (χ1) is 15.7. The Labute approximate surface area is 206 Å². The van der Waals surface area contributed by atoms with E-state index in [1.165, 1.54) is 16.2 Å². The average Bonchev–Trinajstić information content (AvgIpc) is 3.36. The van der Waals surface area contributed by atoms with Crippen LogP contribution >= 0.6 is 22.9 Å². The molecule has 3 heterocycles. The molecule has 186 valence electrons. The SMILES string of the molecule is C[C@@H](Cc1sc2c(N(Cc3ccco3)C(=O)OC(C)(C)C)snc2c1O)NC(=O)OC(C)(C)C. The highest BCUT2D eigenvalue weighted by atomic mass is 32.1. The minimum Gasteiger partial charge on any atom is -0.505 e. The molecule has 0 spiro atoms. The predicted octanol–water partition coefficient (Wildman–Crippen LogP) is 6.05. The van der Waals surface area contributed by atoms with Crippen LogP contribution in [-0.4, -0.2) is 38.9 Å². The number of fused-ring (bicyclic) bond motifs is 1. The third-order valence-electron chi connectivity index (χ3n) is 4.35. The molecule has 0 aliphatic rings. The van der Waals surface area contributed by atoms with Gasteiger partial charge in [0.2, 0.25) is 0 Å². The van der Waals surface area contributed by atoms with Gasteiger partial charge in [-0.1, -0.05) is 0 Å². The molecule has 0 aromatic carbocycles. The van der Waals surface area contributed by atoms with E-state index < -0.39 is 23.4 Å². The van der Waals surface area contributed by atoms with E-state index in [1.54, 1.807) is 59.9 Å². The fraction of sp³-hybridized carbons (Fsp3) is 0.522. The zero-order chi connectivity index (χ0) is 25.3. The van der Waals surface area contributed by atoms with Crippen LogP contribution in [0.2, 0.25) is 0 Å². The Hall–Kier alpha value is -2.79. The third kappa shape index (κ3) is 6.63. The monoisotopic (exact) mass is 509 g/mol. The first-order valence-electron chi connectivity index (χ1n) is 10.9. The molecule has 0 unspecified atom stereocenters. The van der Waals surface area contributed by atoms with E-state index in [4.69, 9.17) is 13.9 Å². The van der Waals surface area contributed by atoms with Gasteiger partial charge in [0.05, 0.1) is 22.4 Å². The molecule has 3 aromatic heterocycles. The molecule has 0 bridgehead atoms. The molecule has 2 N–H and O–H groups in total. The number of nitrogens with zero attached hydrogens (tertiary/aromatic N) is 2. The number of hydrogen-bond donors (Lipinski definition) is 2. The molecule has 0 aliphatic carbocycles. The van der Waals surface area contributed by atoms with Crippen LogP contribution in [0.3, 0.4) is 0 Å². The highest BCUT2D eigenvalue weighted by molar-refractivity contribution is 7.25. The molecule has 11 heteroatoms. The number of carbonyl (C=O) groups excluding carboxylic acids is 2. The van der Waals surface area contributed by atoms with Crippen molar-refractivity contribution in [3.63, 3.8) is 0 Å². The van der Waals surface area contributed by atoms with Crippen LogP contribution in [-0.2, 0) is 22.4 Å². The molecule has 34 heavy (non-hydrogen) atoms. The molecule has 3 aromatic rings. The van der Waals surface area contributed by atoms with Crippen molar-refractivity contribution >= 4 is 50.3 Å². The molecule has 3 rings (SSSR count). The summed E-state index contributed by atoms with van der Waals surface area (Å²) in [7, 11) is 0. The number of hydrogen-bond acceptors (Lipinski definition) is 9. The number of rotatable bonds is 6. The Balaban J connectivity index is 1.86. The van der Waals surface area contributed by atoms with Crippen LogP contribution in [0, 0.1) is 0 Å². The predicted molar refractivity (Wildman–Crippen MR) is 133 cm³/mol. The van der Waals surface area contributed by atoms with Crippen LogP contribution < -0.4 is 10.2 Å². The van der Waals surface area contributed by atoms with Gasteiger partial charge in [0.15, 0.2) is 5.75 Å². The Morgan fingerprint density at radius 2 is 1.88 bits per heavy atom. The number of thiophene rings is 1. The maximum absolute atomic E-state index is 13.1. The van der Waals surface area contributed by atoms with Gasteiger partial charge in [-0.05, 0) is 72.1 Å². The van der Waals surface area contributed by atoms with Gasteiger partial charge in [-0.3, -0.25) is 4.90 Å². The summed E-state index contributed by atoms with van der Waals surface area (Å²) >= 11 is 2.43. The lowest BCUT2D eigenvalue weighted by molar-refractivity contribution is 0.0506. The Bertz CT molecular complexity index is 1140. The van der Waals surface area contributed by atoms with E-state index in [-0.39, 0.29) is 18.3 Å². The van der Waals surface area contributed by atoms with Gasteiger partial charge in [0.25, 0.3) is 0 Å². The second-order valence-electron chi connectivity index (χ2n) is 9.94. The summed E-state index contributed by atoms with van der Waals surface area (Å²) in [5.41, 5.74) is -0.874. The van der Waals surface area contributed by atoms with Gasteiger partial charge in [-0.2, -0.15) is 4.37 Å². The highest BCUT2D eigenvalue weighted by Crippen LogP contribution is 2.45. The normalized spacial score (nSPS) is 13.0. The van der Waals surface area contributed by atoms with Crippen LogP contribution in [0.1, 0.15) is 59.1 Å². The summed E-state index contributed by atoms with van der Waals surface area (Å²) in [4.78, 5) is 27.2. The van der Waals surface area contributed by atoms with Crippen molar-refractivity contribution in [1.29, 1.82) is 0 Å². The fourth-order valence-electron chi connectivity index (χ4n) is 3.06. The minimum absolute atomic E-state index is 0.0440. The fourth-order valence-corrected chi connectivity index (χ4v) is 5.34. The quantitative estimate of drug-likeness (QED) is 0.415. The summed E-state index contributed by atoms with van der Waals surface area (Å²) in [5, 5.41) is 14.1. The van der Waals surface area contributed by atoms with Crippen molar-refractivity contribution in [2.45, 2.75) is 78.7 Å². The van der Waals surface area contributed by atoms with E-state index in [9.17, 15) is 14.7 Å². The minimum atomic E-state index is -0.687. The van der Waals surface area contributed by atoms with E-state index in [0.717, 1.165) is 11.5 Å². The van der Waals surface area contributed by atoms with Crippen LogP contribution in [0.25, 0.3) is 10.2 Å². The lowest BCUT2D eigenvalue weighted by Crippen LogP contribution is -2.38. The van der Waals surface area contributed by atoms with E-state index in [1.807, 2.05) is 6.92 Å². The summed E-state index contributed by atoms with van der Waals surface area (Å²) < 4.78 is 21.4. The van der Waals surface area contributed by atoms with Gasteiger partial charge in [-0.25, -0.2) is 9.59 Å². The molecule has 0 fully saturated rings. The number of carbonyl (C=O) groups is 2. The van der Waals surface area contributed by atoms with E-state index in [2.05, 4.69) is 9.69 Å². The molecular weight excluding hydrogens is 478 g/mol. The van der Waals surface area contributed by atoms with Crippen LogP contribution in [0.15, 0.2) is 22.8 Å². The van der Waals surface area contributed by atoms with Crippen molar-refractivity contribution in [3.05, 3.63) is 29.0 Å². The number of aromatic hydroxyl groups is 1. The summed E-state index contributed by atoms with van der Waals surface area (Å²) in [6, 6.07) is 3.23. The molecule has 0 saturated heterocycles. The lowest BCUT2D eigenvalue weighted by atomic mass is 10.2. The smallest absolute Gasteiger partial charge is 0.415 e.